The lowest BCUT2D eigenvalue weighted by atomic mass is 9.93. The molecule has 3 N–H and O–H groups in total. The van der Waals surface area contributed by atoms with Gasteiger partial charge in [-0.05, 0) is 31.9 Å². The van der Waals surface area contributed by atoms with Crippen LogP contribution in [0.4, 0.5) is 0 Å². The van der Waals surface area contributed by atoms with Crippen LogP contribution in [0.15, 0.2) is 35.3 Å². The van der Waals surface area contributed by atoms with E-state index in [1.165, 1.54) is 12.3 Å². The van der Waals surface area contributed by atoms with Gasteiger partial charge in [-0.15, -0.1) is 0 Å². The molecule has 0 spiro atoms. The van der Waals surface area contributed by atoms with Crippen molar-refractivity contribution in [3.05, 3.63) is 62.5 Å². The molecule has 0 aliphatic heterocycles. The zero-order chi connectivity index (χ0) is 22.1. The molecule has 2 aromatic heterocycles. The van der Waals surface area contributed by atoms with Gasteiger partial charge in [-0.1, -0.05) is 29.8 Å². The number of rotatable bonds is 7. The number of halogens is 1. The van der Waals surface area contributed by atoms with Gasteiger partial charge in [0, 0.05) is 11.8 Å². The molecule has 8 heteroatoms. The molecule has 0 aliphatic rings. The summed E-state index contributed by atoms with van der Waals surface area (Å²) in [6.45, 7) is 4.10. The van der Waals surface area contributed by atoms with E-state index in [1.807, 2.05) is 43.5 Å². The molecule has 2 heterocycles. The molecule has 0 bridgehead atoms. The second-order valence-corrected chi connectivity index (χ2v) is 8.03. The van der Waals surface area contributed by atoms with E-state index in [1.54, 1.807) is 0 Å². The topological polar surface area (TPSA) is 105 Å². The van der Waals surface area contributed by atoms with Crippen molar-refractivity contribution in [2.75, 3.05) is 26.4 Å². The van der Waals surface area contributed by atoms with E-state index in [2.05, 4.69) is 4.98 Å². The van der Waals surface area contributed by atoms with Crippen LogP contribution in [0.25, 0.3) is 16.6 Å². The molecule has 1 aromatic carbocycles. The van der Waals surface area contributed by atoms with E-state index in [9.17, 15) is 20.1 Å². The van der Waals surface area contributed by atoms with Crippen molar-refractivity contribution >= 4 is 22.5 Å². The number of fused-ring (bicyclic) bond motifs is 1. The third-order valence-electron chi connectivity index (χ3n) is 5.32. The zero-order valence-electron chi connectivity index (χ0n) is 17.1. The lowest BCUT2D eigenvalue weighted by Crippen LogP contribution is -2.40. The van der Waals surface area contributed by atoms with Crippen molar-refractivity contribution in [3.8, 4) is 11.6 Å². The molecule has 0 amide bonds. The maximum Gasteiger partial charge on any atom is 0.227 e. The normalized spacial score (nSPS) is 11.8. The van der Waals surface area contributed by atoms with Crippen LogP contribution in [-0.4, -0.2) is 51.3 Å². The Hall–Kier alpha value is -2.45. The molecular weight excluding hydrogens is 408 g/mol. The highest BCUT2D eigenvalue weighted by Gasteiger charge is 2.30. The van der Waals surface area contributed by atoms with Crippen LogP contribution in [0.2, 0.25) is 5.02 Å². The predicted molar refractivity (Wildman–Crippen MR) is 116 cm³/mol. The summed E-state index contributed by atoms with van der Waals surface area (Å²) in [7, 11) is 0. The summed E-state index contributed by atoms with van der Waals surface area (Å²) in [5.41, 5.74) is 2.54. The summed E-state index contributed by atoms with van der Waals surface area (Å²) < 4.78 is 7.63. The Balaban J connectivity index is 2.28. The van der Waals surface area contributed by atoms with Crippen molar-refractivity contribution in [3.63, 3.8) is 0 Å². The molecule has 30 heavy (non-hydrogen) atoms. The molecule has 0 saturated carbocycles. The van der Waals surface area contributed by atoms with Crippen molar-refractivity contribution in [2.45, 2.75) is 20.8 Å². The van der Waals surface area contributed by atoms with Gasteiger partial charge in [0.1, 0.15) is 12.0 Å². The number of nitrogens with zero attached hydrogens (tertiary/aromatic N) is 2. The number of aromatic nitrogens is 2. The second kappa shape index (κ2) is 8.73. The molecule has 0 unspecified atom stereocenters. The quantitative estimate of drug-likeness (QED) is 0.529. The largest absolute Gasteiger partial charge is 0.476 e. The highest BCUT2D eigenvalue weighted by atomic mass is 35.5. The van der Waals surface area contributed by atoms with E-state index >= 15 is 0 Å². The number of aliphatic hydroxyl groups is 3. The Labute approximate surface area is 179 Å². The molecular formula is C22H25ClN2O5. The maximum absolute atomic E-state index is 12.9. The van der Waals surface area contributed by atoms with E-state index in [0.717, 1.165) is 16.8 Å². The third-order valence-corrected chi connectivity index (χ3v) is 5.60. The van der Waals surface area contributed by atoms with Crippen LogP contribution >= 0.6 is 11.6 Å². The first-order valence-corrected chi connectivity index (χ1v) is 9.89. The first-order valence-electron chi connectivity index (χ1n) is 9.51. The summed E-state index contributed by atoms with van der Waals surface area (Å²) in [5, 5.41) is 29.1. The van der Waals surface area contributed by atoms with Gasteiger partial charge in [0.05, 0.1) is 47.7 Å². The average molecular weight is 433 g/mol. The summed E-state index contributed by atoms with van der Waals surface area (Å²) in [6.07, 6.45) is 1.40. The summed E-state index contributed by atoms with van der Waals surface area (Å²) >= 11 is 6.51. The van der Waals surface area contributed by atoms with Crippen LogP contribution in [0.3, 0.4) is 0 Å². The number of pyridine rings is 2. The Morgan fingerprint density at radius 2 is 1.70 bits per heavy atom. The van der Waals surface area contributed by atoms with E-state index in [4.69, 9.17) is 16.3 Å². The maximum atomic E-state index is 12.9. The predicted octanol–water partition coefficient (Wildman–Crippen LogP) is 2.31. The molecule has 3 rings (SSSR count). The minimum Gasteiger partial charge on any atom is -0.476 e. The number of aryl methyl sites for hydroxylation is 3. The first kappa shape index (κ1) is 22.2. The number of hydrogen-bond acceptors (Lipinski definition) is 6. The Bertz CT molecular complexity index is 1110. The van der Waals surface area contributed by atoms with Gasteiger partial charge in [0.15, 0.2) is 5.43 Å². The number of para-hydroxylation sites is 1. The van der Waals surface area contributed by atoms with Crippen LogP contribution in [0, 0.1) is 26.2 Å². The molecule has 0 aliphatic carbocycles. The fraction of sp³-hybridized carbons (Fsp3) is 0.364. The lowest BCUT2D eigenvalue weighted by molar-refractivity contribution is -0.0264. The minimum atomic E-state index is -1.26. The summed E-state index contributed by atoms with van der Waals surface area (Å²) in [4.78, 5) is 17.1. The van der Waals surface area contributed by atoms with Gasteiger partial charge in [0.2, 0.25) is 5.88 Å². The second-order valence-electron chi connectivity index (χ2n) is 7.62. The van der Waals surface area contributed by atoms with Gasteiger partial charge in [0.25, 0.3) is 0 Å². The smallest absolute Gasteiger partial charge is 0.227 e. The first-order chi connectivity index (χ1) is 14.3. The van der Waals surface area contributed by atoms with E-state index in [-0.39, 0.29) is 23.3 Å². The van der Waals surface area contributed by atoms with E-state index in [0.29, 0.717) is 16.2 Å². The van der Waals surface area contributed by atoms with Gasteiger partial charge in [-0.2, -0.15) is 0 Å². The number of hydrogen-bond donors (Lipinski definition) is 3. The molecule has 0 radical (unpaired) electrons. The fourth-order valence-corrected chi connectivity index (χ4v) is 3.70. The van der Waals surface area contributed by atoms with Crippen molar-refractivity contribution in [2.24, 2.45) is 5.41 Å². The fourth-order valence-electron chi connectivity index (χ4n) is 3.47. The lowest BCUT2D eigenvalue weighted by Gasteiger charge is -2.27. The molecule has 3 aromatic rings. The van der Waals surface area contributed by atoms with Crippen molar-refractivity contribution in [1.29, 1.82) is 0 Å². The number of aliphatic hydroxyl groups excluding tert-OH is 3. The van der Waals surface area contributed by atoms with Crippen LogP contribution in [0.1, 0.15) is 16.8 Å². The molecule has 0 fully saturated rings. The van der Waals surface area contributed by atoms with Crippen LogP contribution in [-0.2, 0) is 0 Å². The van der Waals surface area contributed by atoms with Gasteiger partial charge < -0.3 is 24.6 Å². The highest BCUT2D eigenvalue weighted by Crippen LogP contribution is 2.33. The number of benzene rings is 1. The van der Waals surface area contributed by atoms with Gasteiger partial charge >= 0.3 is 0 Å². The molecule has 160 valence electrons. The molecule has 7 nitrogen and oxygen atoms in total. The Morgan fingerprint density at radius 3 is 2.27 bits per heavy atom. The Morgan fingerprint density at radius 1 is 1.10 bits per heavy atom. The third kappa shape index (κ3) is 3.81. The average Bonchev–Trinajstić information content (AvgIpc) is 2.72. The van der Waals surface area contributed by atoms with Crippen molar-refractivity contribution < 1.29 is 20.1 Å². The van der Waals surface area contributed by atoms with Crippen molar-refractivity contribution in [1.82, 2.24) is 9.55 Å². The summed E-state index contributed by atoms with van der Waals surface area (Å²) in [5.74, 6) is 0.0270. The highest BCUT2D eigenvalue weighted by molar-refractivity contribution is 6.35. The SMILES string of the molecule is Cc1cccc(C)c1-n1c(C)cc(=O)c2c(OCC(CO)(CO)CO)ncc(Cl)c21. The van der Waals surface area contributed by atoms with Crippen LogP contribution < -0.4 is 10.2 Å². The standard InChI is InChI=1S/C22H25ClN2O5/c1-13-5-4-6-14(2)19(13)25-15(3)7-17(29)18-20(25)16(23)8-24-21(18)30-12-22(9-26,10-27)11-28/h4-8,26-28H,9-12H2,1-3H3. The van der Waals surface area contributed by atoms with E-state index < -0.39 is 25.2 Å². The monoisotopic (exact) mass is 432 g/mol. The van der Waals surface area contributed by atoms with Crippen LogP contribution in [0.5, 0.6) is 5.88 Å². The zero-order valence-corrected chi connectivity index (χ0v) is 17.9. The minimum absolute atomic E-state index is 0.0270. The molecule has 0 atom stereocenters. The van der Waals surface area contributed by atoms with Gasteiger partial charge in [-0.25, -0.2) is 4.98 Å². The Kier molecular flexibility index (Phi) is 6.47. The van der Waals surface area contributed by atoms with Gasteiger partial charge in [-0.3, -0.25) is 4.79 Å². The number of ether oxygens (including phenoxy) is 1. The summed E-state index contributed by atoms with van der Waals surface area (Å²) in [6, 6.07) is 7.42. The molecule has 0 saturated heterocycles.